The van der Waals surface area contributed by atoms with Gasteiger partial charge in [0.2, 0.25) is 0 Å². The number of nitrogens with zero attached hydrogens (tertiary/aromatic N) is 3. The molecular weight excluding hydrogens is 218 g/mol. The fourth-order valence-corrected chi connectivity index (χ4v) is 1.52. The monoisotopic (exact) mass is 231 g/mol. The third-order valence-corrected chi connectivity index (χ3v) is 2.39. The number of methoxy groups -OCH3 is 1. The molecule has 0 atom stereocenters. The van der Waals surface area contributed by atoms with Crippen LogP contribution in [0.1, 0.15) is 11.5 Å². The van der Waals surface area contributed by atoms with Crippen molar-refractivity contribution in [2.45, 2.75) is 13.0 Å². The van der Waals surface area contributed by atoms with Gasteiger partial charge >= 0.3 is 5.97 Å². The largest absolute Gasteiger partial charge is 0.468 e. The topological polar surface area (TPSA) is 57.0 Å². The summed E-state index contributed by atoms with van der Waals surface area (Å²) in [5.41, 5.74) is 0.921. The van der Waals surface area contributed by atoms with Crippen molar-refractivity contribution in [1.82, 2.24) is 14.5 Å². The first-order chi connectivity index (χ1) is 8.29. The van der Waals surface area contributed by atoms with Crippen LogP contribution in [-0.2, 0) is 22.5 Å². The van der Waals surface area contributed by atoms with E-state index < -0.39 is 0 Å². The standard InChI is InChI=1S/C12H13N3O2/c1-17-12(16)9-15-7-6-14-11(15)8-10-4-2-3-5-13-10/h2-7H,8-9H2,1H3. The molecule has 0 aliphatic rings. The Labute approximate surface area is 99.1 Å². The zero-order chi connectivity index (χ0) is 12.1. The third-order valence-electron chi connectivity index (χ3n) is 2.39. The summed E-state index contributed by atoms with van der Waals surface area (Å²) in [6.45, 7) is 0.179. The van der Waals surface area contributed by atoms with E-state index in [1.54, 1.807) is 23.2 Å². The van der Waals surface area contributed by atoms with Gasteiger partial charge in [-0.25, -0.2) is 4.98 Å². The molecule has 0 saturated carbocycles. The smallest absolute Gasteiger partial charge is 0.325 e. The van der Waals surface area contributed by atoms with Crippen LogP contribution in [0.5, 0.6) is 0 Å². The van der Waals surface area contributed by atoms with Crippen molar-refractivity contribution in [3.8, 4) is 0 Å². The Morgan fingerprint density at radius 2 is 2.24 bits per heavy atom. The van der Waals surface area contributed by atoms with Crippen molar-refractivity contribution < 1.29 is 9.53 Å². The lowest BCUT2D eigenvalue weighted by Crippen LogP contribution is -2.13. The number of carbonyl (C=O) groups excluding carboxylic acids is 1. The van der Waals surface area contributed by atoms with E-state index in [0.29, 0.717) is 6.42 Å². The van der Waals surface area contributed by atoms with Gasteiger partial charge in [-0.1, -0.05) is 6.07 Å². The van der Waals surface area contributed by atoms with Crippen LogP contribution in [0.3, 0.4) is 0 Å². The van der Waals surface area contributed by atoms with Gasteiger partial charge in [-0.2, -0.15) is 0 Å². The van der Waals surface area contributed by atoms with Crippen LogP contribution in [-0.4, -0.2) is 27.6 Å². The first-order valence-electron chi connectivity index (χ1n) is 5.26. The first kappa shape index (κ1) is 11.3. The summed E-state index contributed by atoms with van der Waals surface area (Å²) in [5, 5.41) is 0. The van der Waals surface area contributed by atoms with Crippen LogP contribution >= 0.6 is 0 Å². The predicted molar refractivity (Wildman–Crippen MR) is 61.3 cm³/mol. The minimum absolute atomic E-state index is 0.179. The zero-order valence-corrected chi connectivity index (χ0v) is 9.54. The molecule has 2 aromatic heterocycles. The van der Waals surface area contributed by atoms with Crippen LogP contribution in [0, 0.1) is 0 Å². The second-order valence-corrected chi connectivity index (χ2v) is 3.55. The lowest BCUT2D eigenvalue weighted by molar-refractivity contribution is -0.141. The number of imidazole rings is 1. The minimum atomic E-state index is -0.287. The molecule has 5 heteroatoms. The molecule has 0 radical (unpaired) electrons. The summed E-state index contributed by atoms with van der Waals surface area (Å²) in [6.07, 6.45) is 5.77. The number of pyridine rings is 1. The Hall–Kier alpha value is -2.17. The molecule has 2 aromatic rings. The van der Waals surface area contributed by atoms with Gasteiger partial charge in [0.05, 0.1) is 7.11 Å². The van der Waals surface area contributed by atoms with Crippen molar-refractivity contribution in [2.24, 2.45) is 0 Å². The number of aromatic nitrogens is 3. The molecule has 0 N–H and O–H groups in total. The maximum absolute atomic E-state index is 11.2. The van der Waals surface area contributed by atoms with E-state index in [4.69, 9.17) is 0 Å². The molecule has 0 amide bonds. The molecule has 0 unspecified atom stereocenters. The highest BCUT2D eigenvalue weighted by Crippen LogP contribution is 2.05. The molecule has 88 valence electrons. The molecule has 0 aliphatic carbocycles. The molecule has 0 bridgehead atoms. The maximum Gasteiger partial charge on any atom is 0.325 e. The Morgan fingerprint density at radius 1 is 1.35 bits per heavy atom. The maximum atomic E-state index is 11.2. The van der Waals surface area contributed by atoms with Gasteiger partial charge in [0.25, 0.3) is 0 Å². The van der Waals surface area contributed by atoms with Gasteiger partial charge in [-0.05, 0) is 12.1 Å². The van der Waals surface area contributed by atoms with Gasteiger partial charge in [0.1, 0.15) is 12.4 Å². The first-order valence-corrected chi connectivity index (χ1v) is 5.26. The number of hydrogen-bond acceptors (Lipinski definition) is 4. The summed E-state index contributed by atoms with van der Waals surface area (Å²) in [6, 6.07) is 5.72. The number of rotatable bonds is 4. The van der Waals surface area contributed by atoms with Gasteiger partial charge in [-0.15, -0.1) is 0 Å². The van der Waals surface area contributed by atoms with Crippen molar-refractivity contribution >= 4 is 5.97 Å². The molecular formula is C12H13N3O2. The molecule has 0 aromatic carbocycles. The average molecular weight is 231 g/mol. The van der Waals surface area contributed by atoms with Crippen molar-refractivity contribution in [2.75, 3.05) is 7.11 Å². The molecule has 2 heterocycles. The molecule has 5 nitrogen and oxygen atoms in total. The molecule has 0 aliphatic heterocycles. The van der Waals surface area contributed by atoms with Crippen molar-refractivity contribution in [3.63, 3.8) is 0 Å². The highest BCUT2D eigenvalue weighted by Gasteiger charge is 2.08. The number of hydrogen-bond donors (Lipinski definition) is 0. The van der Waals surface area contributed by atoms with Gasteiger partial charge in [0, 0.05) is 30.7 Å². The molecule has 17 heavy (non-hydrogen) atoms. The predicted octanol–water partition coefficient (Wildman–Crippen LogP) is 1.04. The number of esters is 1. The van der Waals surface area contributed by atoms with E-state index in [1.807, 2.05) is 18.2 Å². The van der Waals surface area contributed by atoms with Crippen LogP contribution < -0.4 is 0 Å². The number of carbonyl (C=O) groups is 1. The highest BCUT2D eigenvalue weighted by molar-refractivity contribution is 5.69. The lowest BCUT2D eigenvalue weighted by atomic mass is 10.2. The number of ether oxygens (including phenoxy) is 1. The molecule has 2 rings (SSSR count). The van der Waals surface area contributed by atoms with E-state index in [1.165, 1.54) is 7.11 Å². The van der Waals surface area contributed by atoms with Crippen LogP contribution in [0.4, 0.5) is 0 Å². The summed E-state index contributed by atoms with van der Waals surface area (Å²) in [4.78, 5) is 19.6. The summed E-state index contributed by atoms with van der Waals surface area (Å²) < 4.78 is 6.39. The van der Waals surface area contributed by atoms with E-state index in [9.17, 15) is 4.79 Å². The van der Waals surface area contributed by atoms with Crippen LogP contribution in [0.2, 0.25) is 0 Å². The van der Waals surface area contributed by atoms with Gasteiger partial charge < -0.3 is 9.30 Å². The fourth-order valence-electron chi connectivity index (χ4n) is 1.52. The summed E-state index contributed by atoms with van der Waals surface area (Å²) in [5.74, 6) is 0.513. The fraction of sp³-hybridized carbons (Fsp3) is 0.250. The van der Waals surface area contributed by atoms with Gasteiger partial charge in [0.15, 0.2) is 0 Å². The van der Waals surface area contributed by atoms with E-state index in [2.05, 4.69) is 14.7 Å². The molecule has 0 spiro atoms. The summed E-state index contributed by atoms with van der Waals surface area (Å²) >= 11 is 0. The van der Waals surface area contributed by atoms with E-state index in [0.717, 1.165) is 11.5 Å². The molecule has 0 saturated heterocycles. The minimum Gasteiger partial charge on any atom is -0.468 e. The molecule has 0 fully saturated rings. The van der Waals surface area contributed by atoms with Crippen LogP contribution in [0.15, 0.2) is 36.8 Å². The quantitative estimate of drug-likeness (QED) is 0.738. The summed E-state index contributed by atoms with van der Waals surface area (Å²) in [7, 11) is 1.37. The van der Waals surface area contributed by atoms with Crippen molar-refractivity contribution in [3.05, 3.63) is 48.3 Å². The second-order valence-electron chi connectivity index (χ2n) is 3.55. The Bertz CT molecular complexity index is 493. The SMILES string of the molecule is COC(=O)Cn1ccnc1Cc1ccccn1. The second kappa shape index (κ2) is 5.25. The zero-order valence-electron chi connectivity index (χ0n) is 9.54. The Balaban J connectivity index is 2.12. The van der Waals surface area contributed by atoms with Crippen LogP contribution in [0.25, 0.3) is 0 Å². The van der Waals surface area contributed by atoms with E-state index in [-0.39, 0.29) is 12.5 Å². The van der Waals surface area contributed by atoms with Gasteiger partial charge in [-0.3, -0.25) is 9.78 Å². The average Bonchev–Trinajstić information content (AvgIpc) is 2.78. The highest BCUT2D eigenvalue weighted by atomic mass is 16.5. The lowest BCUT2D eigenvalue weighted by Gasteiger charge is -2.05. The normalized spacial score (nSPS) is 10.2. The Kier molecular flexibility index (Phi) is 3.49. The Morgan fingerprint density at radius 3 is 2.94 bits per heavy atom. The van der Waals surface area contributed by atoms with Crippen molar-refractivity contribution in [1.29, 1.82) is 0 Å². The van der Waals surface area contributed by atoms with E-state index >= 15 is 0 Å². The third kappa shape index (κ3) is 2.90.